The molecule has 1 aliphatic heterocycles. The van der Waals surface area contributed by atoms with Gasteiger partial charge in [-0.1, -0.05) is 30.3 Å². The zero-order valence-electron chi connectivity index (χ0n) is 10.1. The zero-order chi connectivity index (χ0) is 12.1. The van der Waals surface area contributed by atoms with E-state index >= 15 is 0 Å². The molecule has 1 atom stereocenters. The quantitative estimate of drug-likeness (QED) is 0.823. The summed E-state index contributed by atoms with van der Waals surface area (Å²) in [7, 11) is 1.86. The van der Waals surface area contributed by atoms with Crippen molar-refractivity contribution in [2.75, 3.05) is 20.1 Å². The van der Waals surface area contributed by atoms with E-state index in [1.807, 2.05) is 37.4 Å². The molecule has 2 N–H and O–H groups in total. The molecule has 0 aromatic heterocycles. The van der Waals surface area contributed by atoms with E-state index in [9.17, 15) is 4.79 Å². The number of carbonyl (C=O) groups is 1. The van der Waals surface area contributed by atoms with Gasteiger partial charge in [0.1, 0.15) is 0 Å². The Morgan fingerprint density at radius 1 is 1.47 bits per heavy atom. The van der Waals surface area contributed by atoms with Crippen molar-refractivity contribution in [2.24, 2.45) is 0 Å². The molecule has 1 unspecified atom stereocenters. The van der Waals surface area contributed by atoms with E-state index in [1.165, 1.54) is 0 Å². The van der Waals surface area contributed by atoms with Crippen molar-refractivity contribution in [3.05, 3.63) is 35.9 Å². The third-order valence-electron chi connectivity index (χ3n) is 3.19. The molecule has 1 fully saturated rings. The number of hydrogen-bond donors (Lipinski definition) is 2. The summed E-state index contributed by atoms with van der Waals surface area (Å²) in [4.78, 5) is 13.7. The Kier molecular flexibility index (Phi) is 3.98. The molecule has 1 saturated heterocycles. The highest BCUT2D eigenvalue weighted by atomic mass is 16.2. The summed E-state index contributed by atoms with van der Waals surface area (Å²) in [6, 6.07) is 10.3. The Labute approximate surface area is 102 Å². The number of rotatable bonds is 3. The number of likely N-dealkylation sites (N-methyl/N-ethyl adjacent to an activating group) is 1. The van der Waals surface area contributed by atoms with Crippen LogP contribution in [0.25, 0.3) is 0 Å². The van der Waals surface area contributed by atoms with Gasteiger partial charge in [-0.15, -0.1) is 0 Å². The molecule has 0 saturated carbocycles. The fourth-order valence-electron chi connectivity index (χ4n) is 2.03. The number of nitrogens with one attached hydrogen (secondary N) is 2. The maximum Gasteiger partial charge on any atom is 0.317 e. The molecule has 17 heavy (non-hydrogen) atoms. The topological polar surface area (TPSA) is 44.4 Å². The van der Waals surface area contributed by atoms with Crippen molar-refractivity contribution < 1.29 is 4.79 Å². The predicted octanol–water partition coefficient (Wildman–Crippen LogP) is 1.19. The van der Waals surface area contributed by atoms with Gasteiger partial charge >= 0.3 is 6.03 Å². The first-order chi connectivity index (χ1) is 8.27. The van der Waals surface area contributed by atoms with Crippen LogP contribution < -0.4 is 10.6 Å². The maximum absolute atomic E-state index is 11.9. The monoisotopic (exact) mass is 233 g/mol. The van der Waals surface area contributed by atoms with Gasteiger partial charge in [0, 0.05) is 26.2 Å². The molecule has 1 aromatic rings. The fraction of sp³-hybridized carbons (Fsp3) is 0.462. The van der Waals surface area contributed by atoms with Gasteiger partial charge < -0.3 is 15.5 Å². The van der Waals surface area contributed by atoms with Crippen molar-refractivity contribution in [3.8, 4) is 0 Å². The van der Waals surface area contributed by atoms with Gasteiger partial charge in [-0.3, -0.25) is 0 Å². The summed E-state index contributed by atoms with van der Waals surface area (Å²) in [5.74, 6) is 0. The molecule has 0 bridgehead atoms. The van der Waals surface area contributed by atoms with Gasteiger partial charge in [-0.25, -0.2) is 4.79 Å². The molecule has 4 nitrogen and oxygen atoms in total. The molecule has 2 rings (SSSR count). The van der Waals surface area contributed by atoms with Gasteiger partial charge in [-0.05, 0) is 18.5 Å². The van der Waals surface area contributed by atoms with E-state index in [0.29, 0.717) is 12.6 Å². The van der Waals surface area contributed by atoms with Crippen molar-refractivity contribution >= 4 is 6.03 Å². The van der Waals surface area contributed by atoms with Crippen LogP contribution in [0.5, 0.6) is 0 Å². The number of urea groups is 1. The second-order valence-corrected chi connectivity index (χ2v) is 4.40. The van der Waals surface area contributed by atoms with Crippen molar-refractivity contribution in [3.63, 3.8) is 0 Å². The lowest BCUT2D eigenvalue weighted by atomic mass is 10.2. The Hall–Kier alpha value is -1.55. The highest BCUT2D eigenvalue weighted by molar-refractivity contribution is 5.74. The average molecular weight is 233 g/mol. The maximum atomic E-state index is 11.9. The lowest BCUT2D eigenvalue weighted by Crippen LogP contribution is -2.44. The van der Waals surface area contributed by atoms with Crippen LogP contribution in [0.4, 0.5) is 4.79 Å². The lowest BCUT2D eigenvalue weighted by molar-refractivity contribution is 0.193. The Balaban J connectivity index is 1.80. The van der Waals surface area contributed by atoms with Crippen LogP contribution in [-0.2, 0) is 6.54 Å². The third-order valence-corrected chi connectivity index (χ3v) is 3.19. The molecule has 1 heterocycles. The standard InChI is InChI=1S/C13H19N3O/c1-16(12-7-8-14-10-12)13(17)15-9-11-5-3-2-4-6-11/h2-6,12,14H,7-10H2,1H3,(H,15,17). The summed E-state index contributed by atoms with van der Waals surface area (Å²) in [6.07, 6.45) is 1.04. The summed E-state index contributed by atoms with van der Waals surface area (Å²) >= 11 is 0. The molecule has 2 amide bonds. The minimum absolute atomic E-state index is 0.00236. The average Bonchev–Trinajstić information content (AvgIpc) is 2.90. The van der Waals surface area contributed by atoms with E-state index in [1.54, 1.807) is 4.90 Å². The largest absolute Gasteiger partial charge is 0.334 e. The Bertz CT molecular complexity index is 360. The van der Waals surface area contributed by atoms with E-state index in [0.717, 1.165) is 25.1 Å². The van der Waals surface area contributed by atoms with Crippen LogP contribution in [0.3, 0.4) is 0 Å². The van der Waals surface area contributed by atoms with E-state index in [-0.39, 0.29) is 6.03 Å². The van der Waals surface area contributed by atoms with Gasteiger partial charge in [-0.2, -0.15) is 0 Å². The fourth-order valence-corrected chi connectivity index (χ4v) is 2.03. The molecule has 0 spiro atoms. The number of carbonyl (C=O) groups excluding carboxylic acids is 1. The minimum atomic E-state index is 0.00236. The van der Waals surface area contributed by atoms with Crippen LogP contribution in [-0.4, -0.2) is 37.1 Å². The van der Waals surface area contributed by atoms with E-state index in [4.69, 9.17) is 0 Å². The van der Waals surface area contributed by atoms with Crippen LogP contribution in [0.1, 0.15) is 12.0 Å². The highest BCUT2D eigenvalue weighted by Gasteiger charge is 2.22. The van der Waals surface area contributed by atoms with E-state index in [2.05, 4.69) is 10.6 Å². The number of hydrogen-bond acceptors (Lipinski definition) is 2. The first kappa shape index (κ1) is 11.9. The molecular formula is C13H19N3O. The normalized spacial score (nSPS) is 19.0. The van der Waals surface area contributed by atoms with Crippen molar-refractivity contribution in [1.29, 1.82) is 0 Å². The van der Waals surface area contributed by atoms with E-state index < -0.39 is 0 Å². The third kappa shape index (κ3) is 3.20. The van der Waals surface area contributed by atoms with Gasteiger partial charge in [0.15, 0.2) is 0 Å². The van der Waals surface area contributed by atoms with Crippen LogP contribution in [0.2, 0.25) is 0 Å². The number of benzene rings is 1. The molecule has 1 aromatic carbocycles. The SMILES string of the molecule is CN(C(=O)NCc1ccccc1)C1CCNC1. The molecule has 0 aliphatic carbocycles. The summed E-state index contributed by atoms with van der Waals surface area (Å²) in [6.45, 7) is 2.49. The first-order valence-corrected chi connectivity index (χ1v) is 6.02. The van der Waals surface area contributed by atoms with Crippen LogP contribution in [0.15, 0.2) is 30.3 Å². The summed E-state index contributed by atoms with van der Waals surface area (Å²) < 4.78 is 0. The lowest BCUT2D eigenvalue weighted by Gasteiger charge is -2.24. The number of amides is 2. The smallest absolute Gasteiger partial charge is 0.317 e. The molecule has 1 aliphatic rings. The van der Waals surface area contributed by atoms with Gasteiger partial charge in [0.05, 0.1) is 0 Å². The molecule has 92 valence electrons. The van der Waals surface area contributed by atoms with Gasteiger partial charge in [0.2, 0.25) is 0 Å². The summed E-state index contributed by atoms with van der Waals surface area (Å²) in [5, 5.41) is 6.20. The minimum Gasteiger partial charge on any atom is -0.334 e. The van der Waals surface area contributed by atoms with Crippen LogP contribution >= 0.6 is 0 Å². The molecule has 0 radical (unpaired) electrons. The second kappa shape index (κ2) is 5.68. The first-order valence-electron chi connectivity index (χ1n) is 6.02. The number of nitrogens with zero attached hydrogens (tertiary/aromatic N) is 1. The van der Waals surface area contributed by atoms with Crippen LogP contribution in [0, 0.1) is 0 Å². The zero-order valence-corrected chi connectivity index (χ0v) is 10.1. The van der Waals surface area contributed by atoms with Gasteiger partial charge in [0.25, 0.3) is 0 Å². The summed E-state index contributed by atoms with van der Waals surface area (Å²) in [5.41, 5.74) is 1.12. The second-order valence-electron chi connectivity index (χ2n) is 4.40. The highest BCUT2D eigenvalue weighted by Crippen LogP contribution is 2.06. The Morgan fingerprint density at radius 2 is 2.24 bits per heavy atom. The predicted molar refractivity (Wildman–Crippen MR) is 67.7 cm³/mol. The van der Waals surface area contributed by atoms with Crippen molar-refractivity contribution in [2.45, 2.75) is 19.0 Å². The van der Waals surface area contributed by atoms with Crippen molar-refractivity contribution in [1.82, 2.24) is 15.5 Å². The molecular weight excluding hydrogens is 214 g/mol. The Morgan fingerprint density at radius 3 is 2.88 bits per heavy atom. The molecule has 4 heteroatoms.